The summed E-state index contributed by atoms with van der Waals surface area (Å²) in [5.74, 6) is 0.730. The Kier molecular flexibility index (Phi) is 4.41. The minimum Gasteiger partial charge on any atom is -0.370 e. The third-order valence-corrected chi connectivity index (χ3v) is 4.54. The van der Waals surface area contributed by atoms with Crippen LogP contribution in [0.5, 0.6) is 0 Å². The lowest BCUT2D eigenvalue weighted by Gasteiger charge is -2.30. The van der Waals surface area contributed by atoms with Crippen molar-refractivity contribution in [1.82, 2.24) is 5.32 Å². The van der Waals surface area contributed by atoms with Crippen molar-refractivity contribution >= 4 is 27.3 Å². The number of nitrogens with one attached hydrogen (secondary N) is 1. The van der Waals surface area contributed by atoms with E-state index in [2.05, 4.69) is 46.5 Å². The highest BCUT2D eigenvalue weighted by molar-refractivity contribution is 9.10. The van der Waals surface area contributed by atoms with Crippen molar-refractivity contribution in [1.29, 1.82) is 0 Å². The van der Waals surface area contributed by atoms with E-state index in [1.807, 2.05) is 0 Å². The standard InChI is InChI=1S/C12H18BrNOS/c1-8(2)3-10-6-15-11(5-14-10)12-4-9(13)7-16-12/h4,7-8,10-11,14H,3,5-6H2,1-2H3. The average molecular weight is 304 g/mol. The summed E-state index contributed by atoms with van der Waals surface area (Å²) < 4.78 is 7.07. The molecule has 1 aliphatic rings. The minimum atomic E-state index is 0.236. The fourth-order valence-corrected chi connectivity index (χ4v) is 3.52. The minimum absolute atomic E-state index is 0.236. The van der Waals surface area contributed by atoms with Crippen molar-refractivity contribution in [2.75, 3.05) is 13.2 Å². The Morgan fingerprint density at radius 3 is 2.94 bits per heavy atom. The molecule has 0 saturated carbocycles. The molecule has 1 aromatic heterocycles. The van der Waals surface area contributed by atoms with Gasteiger partial charge < -0.3 is 10.1 Å². The van der Waals surface area contributed by atoms with Crippen molar-refractivity contribution in [2.24, 2.45) is 5.92 Å². The molecule has 2 rings (SSSR count). The second kappa shape index (κ2) is 5.63. The SMILES string of the molecule is CC(C)CC1COC(c2cc(Br)cs2)CN1. The molecular weight excluding hydrogens is 286 g/mol. The fourth-order valence-electron chi connectivity index (χ4n) is 2.02. The second-order valence-electron chi connectivity index (χ2n) is 4.72. The summed E-state index contributed by atoms with van der Waals surface area (Å²) in [5, 5.41) is 5.68. The van der Waals surface area contributed by atoms with E-state index in [9.17, 15) is 0 Å². The van der Waals surface area contributed by atoms with Crippen LogP contribution in [0.15, 0.2) is 15.9 Å². The number of rotatable bonds is 3. The summed E-state index contributed by atoms with van der Waals surface area (Å²) in [6.07, 6.45) is 1.43. The molecule has 16 heavy (non-hydrogen) atoms. The van der Waals surface area contributed by atoms with E-state index in [1.165, 1.54) is 11.3 Å². The molecule has 2 atom stereocenters. The number of hydrogen-bond acceptors (Lipinski definition) is 3. The van der Waals surface area contributed by atoms with Crippen molar-refractivity contribution < 1.29 is 4.74 Å². The lowest BCUT2D eigenvalue weighted by molar-refractivity contribution is 0.000641. The predicted octanol–water partition coefficient (Wildman–Crippen LogP) is 3.59. The summed E-state index contributed by atoms with van der Waals surface area (Å²) in [4.78, 5) is 1.31. The van der Waals surface area contributed by atoms with Gasteiger partial charge in [0.05, 0.1) is 6.61 Å². The summed E-state index contributed by atoms with van der Waals surface area (Å²) >= 11 is 5.24. The molecule has 4 heteroatoms. The number of ether oxygens (including phenoxy) is 1. The lowest BCUT2D eigenvalue weighted by Crippen LogP contribution is -2.43. The molecular formula is C12H18BrNOS. The maximum Gasteiger partial charge on any atom is 0.104 e. The quantitative estimate of drug-likeness (QED) is 0.921. The van der Waals surface area contributed by atoms with Crippen molar-refractivity contribution in [2.45, 2.75) is 32.4 Å². The molecule has 1 aliphatic heterocycles. The summed E-state index contributed by atoms with van der Waals surface area (Å²) in [5.41, 5.74) is 0. The lowest BCUT2D eigenvalue weighted by atomic mass is 10.0. The molecule has 2 unspecified atom stereocenters. The summed E-state index contributed by atoms with van der Waals surface area (Å²) in [7, 11) is 0. The van der Waals surface area contributed by atoms with Gasteiger partial charge in [0, 0.05) is 27.3 Å². The number of thiophene rings is 1. The number of halogens is 1. The average Bonchev–Trinajstić information content (AvgIpc) is 2.65. The van der Waals surface area contributed by atoms with Crippen LogP contribution in [0.4, 0.5) is 0 Å². The Morgan fingerprint density at radius 2 is 2.44 bits per heavy atom. The van der Waals surface area contributed by atoms with E-state index >= 15 is 0 Å². The van der Waals surface area contributed by atoms with E-state index in [-0.39, 0.29) is 6.10 Å². The van der Waals surface area contributed by atoms with Crippen LogP contribution in [-0.4, -0.2) is 19.2 Å². The molecule has 0 aliphatic carbocycles. The van der Waals surface area contributed by atoms with E-state index in [0.29, 0.717) is 6.04 Å². The molecule has 0 radical (unpaired) electrons. The van der Waals surface area contributed by atoms with Crippen LogP contribution in [0, 0.1) is 5.92 Å². The maximum atomic E-state index is 5.92. The van der Waals surface area contributed by atoms with Gasteiger partial charge in [-0.25, -0.2) is 0 Å². The van der Waals surface area contributed by atoms with E-state index in [0.717, 1.165) is 23.5 Å². The van der Waals surface area contributed by atoms with Crippen LogP contribution in [0.25, 0.3) is 0 Å². The zero-order valence-corrected chi connectivity index (χ0v) is 12.1. The van der Waals surface area contributed by atoms with Gasteiger partial charge in [0.1, 0.15) is 6.10 Å². The summed E-state index contributed by atoms with van der Waals surface area (Å²) in [6.45, 7) is 6.27. The third kappa shape index (κ3) is 3.29. The number of morpholine rings is 1. The van der Waals surface area contributed by atoms with Crippen LogP contribution in [0.3, 0.4) is 0 Å². The highest BCUT2D eigenvalue weighted by atomic mass is 79.9. The topological polar surface area (TPSA) is 21.3 Å². The van der Waals surface area contributed by atoms with Gasteiger partial charge in [-0.15, -0.1) is 11.3 Å². The Morgan fingerprint density at radius 1 is 1.62 bits per heavy atom. The Labute approximate surface area is 110 Å². The molecule has 0 spiro atoms. The van der Waals surface area contributed by atoms with Gasteiger partial charge in [-0.1, -0.05) is 13.8 Å². The molecule has 1 aromatic rings. The zero-order valence-electron chi connectivity index (χ0n) is 9.70. The molecule has 0 aromatic carbocycles. The number of hydrogen-bond donors (Lipinski definition) is 1. The van der Waals surface area contributed by atoms with Crippen LogP contribution in [-0.2, 0) is 4.74 Å². The molecule has 1 saturated heterocycles. The molecule has 0 amide bonds. The first-order chi connectivity index (χ1) is 7.65. The third-order valence-electron chi connectivity index (χ3n) is 2.75. The first-order valence-electron chi connectivity index (χ1n) is 5.74. The molecule has 2 heterocycles. The zero-order chi connectivity index (χ0) is 11.5. The van der Waals surface area contributed by atoms with Gasteiger partial charge in [-0.2, -0.15) is 0 Å². The van der Waals surface area contributed by atoms with Crippen LogP contribution in [0.1, 0.15) is 31.2 Å². The van der Waals surface area contributed by atoms with Crippen molar-refractivity contribution in [3.63, 3.8) is 0 Å². The molecule has 1 fully saturated rings. The van der Waals surface area contributed by atoms with E-state index in [4.69, 9.17) is 4.74 Å². The smallest absolute Gasteiger partial charge is 0.104 e. The largest absolute Gasteiger partial charge is 0.370 e. The first-order valence-corrected chi connectivity index (χ1v) is 7.41. The van der Waals surface area contributed by atoms with Gasteiger partial charge in [0.15, 0.2) is 0 Å². The van der Waals surface area contributed by atoms with Gasteiger partial charge in [-0.3, -0.25) is 0 Å². The van der Waals surface area contributed by atoms with Crippen molar-refractivity contribution in [3.05, 3.63) is 20.8 Å². The van der Waals surface area contributed by atoms with Crippen LogP contribution >= 0.6 is 27.3 Å². The van der Waals surface area contributed by atoms with Crippen LogP contribution < -0.4 is 5.32 Å². The van der Waals surface area contributed by atoms with E-state index < -0.39 is 0 Å². The van der Waals surface area contributed by atoms with Gasteiger partial charge in [-0.05, 0) is 34.3 Å². The monoisotopic (exact) mass is 303 g/mol. The first kappa shape index (κ1) is 12.6. The molecule has 90 valence electrons. The second-order valence-corrected chi connectivity index (χ2v) is 6.58. The normalized spacial score (nSPS) is 26.2. The highest BCUT2D eigenvalue weighted by Crippen LogP contribution is 2.29. The van der Waals surface area contributed by atoms with Gasteiger partial charge in [0.2, 0.25) is 0 Å². The summed E-state index contributed by atoms with van der Waals surface area (Å²) in [6, 6.07) is 2.68. The predicted molar refractivity (Wildman–Crippen MR) is 72.0 cm³/mol. The Hall–Kier alpha value is 0.1000. The van der Waals surface area contributed by atoms with Crippen LogP contribution in [0.2, 0.25) is 0 Å². The molecule has 2 nitrogen and oxygen atoms in total. The maximum absolute atomic E-state index is 5.92. The Bertz CT molecular complexity index is 332. The fraction of sp³-hybridized carbons (Fsp3) is 0.667. The van der Waals surface area contributed by atoms with E-state index in [1.54, 1.807) is 11.3 Å². The molecule has 1 N–H and O–H groups in total. The Balaban J connectivity index is 1.85. The van der Waals surface area contributed by atoms with Crippen molar-refractivity contribution in [3.8, 4) is 0 Å². The van der Waals surface area contributed by atoms with Gasteiger partial charge in [0.25, 0.3) is 0 Å². The van der Waals surface area contributed by atoms with Gasteiger partial charge >= 0.3 is 0 Å². The highest BCUT2D eigenvalue weighted by Gasteiger charge is 2.23. The molecule has 0 bridgehead atoms.